The summed E-state index contributed by atoms with van der Waals surface area (Å²) in [7, 11) is 0. The van der Waals surface area contributed by atoms with E-state index in [4.69, 9.17) is 4.74 Å². The van der Waals surface area contributed by atoms with Gasteiger partial charge in [-0.05, 0) is 33.3 Å². The summed E-state index contributed by atoms with van der Waals surface area (Å²) in [6.45, 7) is 10.0. The lowest BCUT2D eigenvalue weighted by Crippen LogP contribution is -2.35. The number of aromatic nitrogens is 4. The molecule has 0 radical (unpaired) electrons. The van der Waals surface area contributed by atoms with Gasteiger partial charge in [0.05, 0.1) is 18.1 Å². The number of aryl methyl sites for hydroxylation is 1. The van der Waals surface area contributed by atoms with Crippen LogP contribution in [0.3, 0.4) is 0 Å². The highest BCUT2D eigenvalue weighted by atomic mass is 16.5. The molecule has 0 atom stereocenters. The Morgan fingerprint density at radius 2 is 2.05 bits per heavy atom. The fourth-order valence-corrected chi connectivity index (χ4v) is 1.72. The molecule has 0 unspecified atom stereocenters. The summed E-state index contributed by atoms with van der Waals surface area (Å²) in [5.74, 6) is 1.16. The molecule has 0 aliphatic carbocycles. The molecule has 6 nitrogen and oxygen atoms in total. The van der Waals surface area contributed by atoms with Gasteiger partial charge in [-0.3, -0.25) is 4.68 Å². The Bertz CT molecular complexity index is 556. The van der Waals surface area contributed by atoms with Gasteiger partial charge in [0.25, 0.3) is 0 Å². The Labute approximate surface area is 125 Å². The van der Waals surface area contributed by atoms with Gasteiger partial charge in [0.2, 0.25) is 5.88 Å². The van der Waals surface area contributed by atoms with E-state index in [1.807, 2.05) is 23.0 Å². The quantitative estimate of drug-likeness (QED) is 0.886. The van der Waals surface area contributed by atoms with Crippen molar-refractivity contribution in [1.82, 2.24) is 25.3 Å². The van der Waals surface area contributed by atoms with E-state index in [9.17, 15) is 0 Å². The van der Waals surface area contributed by atoms with E-state index in [1.165, 1.54) is 0 Å². The van der Waals surface area contributed by atoms with Gasteiger partial charge < -0.3 is 10.1 Å². The first kappa shape index (κ1) is 15.4. The molecule has 0 fully saturated rings. The van der Waals surface area contributed by atoms with Crippen molar-refractivity contribution in [2.45, 2.75) is 52.7 Å². The van der Waals surface area contributed by atoms with E-state index < -0.39 is 0 Å². The highest BCUT2D eigenvalue weighted by Crippen LogP contribution is 2.17. The predicted molar refractivity (Wildman–Crippen MR) is 81.2 cm³/mol. The molecule has 0 saturated carbocycles. The third kappa shape index (κ3) is 5.15. The standard InChI is InChI=1S/C15H23N5O/c1-5-8-20-11-13(10-17-20)21-14-7-6-12(18-19-14)9-16-15(2,3)4/h6-7,10-11,16H,5,8-9H2,1-4H3. The fraction of sp³-hybridized carbons (Fsp3) is 0.533. The van der Waals surface area contributed by atoms with Gasteiger partial charge in [-0.1, -0.05) is 6.92 Å². The smallest absolute Gasteiger partial charge is 0.239 e. The van der Waals surface area contributed by atoms with Crippen LogP contribution in [0, 0.1) is 0 Å². The summed E-state index contributed by atoms with van der Waals surface area (Å²) in [5.41, 5.74) is 0.948. The maximum atomic E-state index is 5.63. The van der Waals surface area contributed by atoms with E-state index in [1.54, 1.807) is 6.20 Å². The Hall–Kier alpha value is -1.95. The van der Waals surface area contributed by atoms with Crippen LogP contribution in [-0.4, -0.2) is 25.5 Å². The molecule has 21 heavy (non-hydrogen) atoms. The predicted octanol–water partition coefficient (Wildman–Crippen LogP) is 2.76. The maximum Gasteiger partial charge on any atom is 0.239 e. The summed E-state index contributed by atoms with van der Waals surface area (Å²) < 4.78 is 7.48. The highest BCUT2D eigenvalue weighted by Gasteiger charge is 2.09. The molecule has 0 aliphatic heterocycles. The van der Waals surface area contributed by atoms with Crippen molar-refractivity contribution >= 4 is 0 Å². The van der Waals surface area contributed by atoms with Gasteiger partial charge in [0, 0.05) is 24.7 Å². The van der Waals surface area contributed by atoms with Crippen LogP contribution in [0.15, 0.2) is 24.5 Å². The van der Waals surface area contributed by atoms with E-state index in [2.05, 4.69) is 48.3 Å². The molecule has 2 rings (SSSR count). The van der Waals surface area contributed by atoms with Crippen molar-refractivity contribution < 1.29 is 4.74 Å². The molecule has 2 aromatic rings. The molecule has 6 heteroatoms. The van der Waals surface area contributed by atoms with E-state index in [0.717, 1.165) is 18.7 Å². The molecule has 0 saturated heterocycles. The summed E-state index contributed by atoms with van der Waals surface area (Å²) >= 11 is 0. The number of hydrogen-bond donors (Lipinski definition) is 1. The number of ether oxygens (including phenoxy) is 1. The molecule has 0 aliphatic rings. The average molecular weight is 289 g/mol. The first-order chi connectivity index (χ1) is 9.96. The zero-order valence-electron chi connectivity index (χ0n) is 13.1. The normalized spacial score (nSPS) is 11.6. The maximum absolute atomic E-state index is 5.63. The first-order valence-corrected chi connectivity index (χ1v) is 7.24. The Balaban J connectivity index is 1.92. The van der Waals surface area contributed by atoms with Crippen LogP contribution in [0.5, 0.6) is 11.6 Å². The monoisotopic (exact) mass is 289 g/mol. The van der Waals surface area contributed by atoms with Crippen LogP contribution in [-0.2, 0) is 13.1 Å². The Morgan fingerprint density at radius 1 is 1.24 bits per heavy atom. The Kier molecular flexibility index (Phi) is 4.90. The lowest BCUT2D eigenvalue weighted by molar-refractivity contribution is 0.416. The van der Waals surface area contributed by atoms with Gasteiger partial charge >= 0.3 is 0 Å². The van der Waals surface area contributed by atoms with E-state index >= 15 is 0 Å². The van der Waals surface area contributed by atoms with Crippen molar-refractivity contribution in [3.63, 3.8) is 0 Å². The van der Waals surface area contributed by atoms with Gasteiger partial charge in [-0.15, -0.1) is 5.10 Å². The van der Waals surface area contributed by atoms with Crippen molar-refractivity contribution in [1.29, 1.82) is 0 Å². The van der Waals surface area contributed by atoms with Crippen LogP contribution in [0.25, 0.3) is 0 Å². The molecule has 0 bridgehead atoms. The molecule has 0 spiro atoms. The van der Waals surface area contributed by atoms with Crippen molar-refractivity contribution in [2.24, 2.45) is 0 Å². The molecule has 2 heterocycles. The Morgan fingerprint density at radius 3 is 2.67 bits per heavy atom. The second kappa shape index (κ2) is 6.67. The number of nitrogens with zero attached hydrogens (tertiary/aromatic N) is 4. The van der Waals surface area contributed by atoms with Crippen LogP contribution in [0.2, 0.25) is 0 Å². The zero-order chi connectivity index (χ0) is 15.3. The number of hydrogen-bond acceptors (Lipinski definition) is 5. The average Bonchev–Trinajstić information content (AvgIpc) is 2.85. The van der Waals surface area contributed by atoms with Crippen LogP contribution in [0.4, 0.5) is 0 Å². The molecule has 0 amide bonds. The summed E-state index contributed by atoms with van der Waals surface area (Å²) in [6.07, 6.45) is 4.59. The van der Waals surface area contributed by atoms with E-state index in [0.29, 0.717) is 18.2 Å². The fourth-order valence-electron chi connectivity index (χ4n) is 1.72. The number of nitrogens with one attached hydrogen (secondary N) is 1. The van der Waals surface area contributed by atoms with Crippen LogP contribution in [0.1, 0.15) is 39.8 Å². The van der Waals surface area contributed by atoms with Crippen LogP contribution < -0.4 is 10.1 Å². The largest absolute Gasteiger partial charge is 0.434 e. The van der Waals surface area contributed by atoms with E-state index in [-0.39, 0.29) is 5.54 Å². The van der Waals surface area contributed by atoms with Crippen molar-refractivity contribution in [2.75, 3.05) is 0 Å². The molecule has 114 valence electrons. The molecule has 2 aromatic heterocycles. The van der Waals surface area contributed by atoms with Gasteiger partial charge in [0.15, 0.2) is 5.75 Å². The molecule has 0 aromatic carbocycles. The third-order valence-electron chi connectivity index (χ3n) is 2.78. The lowest BCUT2D eigenvalue weighted by atomic mass is 10.1. The van der Waals surface area contributed by atoms with Gasteiger partial charge in [0.1, 0.15) is 0 Å². The van der Waals surface area contributed by atoms with Crippen molar-refractivity contribution in [3.8, 4) is 11.6 Å². The van der Waals surface area contributed by atoms with Crippen LogP contribution >= 0.6 is 0 Å². The summed E-state index contributed by atoms with van der Waals surface area (Å²) in [4.78, 5) is 0. The molecule has 1 N–H and O–H groups in total. The number of rotatable bonds is 6. The molecular weight excluding hydrogens is 266 g/mol. The van der Waals surface area contributed by atoms with Crippen molar-refractivity contribution in [3.05, 3.63) is 30.2 Å². The van der Waals surface area contributed by atoms with Gasteiger partial charge in [-0.2, -0.15) is 10.2 Å². The second-order valence-electron chi connectivity index (χ2n) is 6.01. The zero-order valence-corrected chi connectivity index (χ0v) is 13.1. The minimum atomic E-state index is 0.0602. The summed E-state index contributed by atoms with van der Waals surface area (Å²) in [6, 6.07) is 3.74. The highest BCUT2D eigenvalue weighted by molar-refractivity contribution is 5.21. The minimum Gasteiger partial charge on any atom is -0.434 e. The summed E-state index contributed by atoms with van der Waals surface area (Å²) in [5, 5.41) is 15.8. The minimum absolute atomic E-state index is 0.0602. The third-order valence-corrected chi connectivity index (χ3v) is 2.78. The van der Waals surface area contributed by atoms with Gasteiger partial charge in [-0.25, -0.2) is 0 Å². The first-order valence-electron chi connectivity index (χ1n) is 7.24. The topological polar surface area (TPSA) is 64.9 Å². The lowest BCUT2D eigenvalue weighted by Gasteiger charge is -2.19. The SMILES string of the molecule is CCCn1cc(Oc2ccc(CNC(C)(C)C)nn2)cn1. The second-order valence-corrected chi connectivity index (χ2v) is 6.01. The molecular formula is C15H23N5O.